The highest BCUT2D eigenvalue weighted by molar-refractivity contribution is 5.97. The van der Waals surface area contributed by atoms with Gasteiger partial charge in [0.05, 0.1) is 12.0 Å². The number of benzene rings is 1. The number of nitro groups is 1. The Kier molecular flexibility index (Phi) is 5.72. The van der Waals surface area contributed by atoms with E-state index in [1.807, 2.05) is 5.32 Å². The van der Waals surface area contributed by atoms with Crippen molar-refractivity contribution in [1.82, 2.24) is 5.32 Å². The number of nitrogens with zero attached hydrogens (tertiary/aromatic N) is 1. The van der Waals surface area contributed by atoms with Crippen LogP contribution in [0.1, 0.15) is 16.8 Å². The summed E-state index contributed by atoms with van der Waals surface area (Å²) in [6.45, 7) is 0. The van der Waals surface area contributed by atoms with Crippen LogP contribution in [0, 0.1) is 10.1 Å². The Morgan fingerprint density at radius 2 is 2.09 bits per heavy atom. The van der Waals surface area contributed by atoms with Gasteiger partial charge in [0.15, 0.2) is 5.75 Å². The number of hydrogen-bond donors (Lipinski definition) is 2. The lowest BCUT2D eigenvalue weighted by atomic mass is 10.1. The third kappa shape index (κ3) is 4.36. The number of methoxy groups -OCH3 is 1. The molecule has 1 aromatic rings. The molecule has 0 bridgehead atoms. The minimum absolute atomic E-state index is 0.0936. The number of amides is 1. The van der Waals surface area contributed by atoms with Gasteiger partial charge in [-0.25, -0.2) is 13.6 Å². The summed E-state index contributed by atoms with van der Waals surface area (Å²) in [5, 5.41) is 21.5. The Morgan fingerprint density at radius 3 is 2.55 bits per heavy atom. The van der Waals surface area contributed by atoms with Gasteiger partial charge < -0.3 is 15.2 Å². The first-order valence-electron chi connectivity index (χ1n) is 5.90. The number of rotatable bonds is 7. The van der Waals surface area contributed by atoms with Gasteiger partial charge in [0.2, 0.25) is 6.43 Å². The number of nitro benzene ring substituents is 1. The zero-order valence-corrected chi connectivity index (χ0v) is 11.3. The topological polar surface area (TPSA) is 119 Å². The van der Waals surface area contributed by atoms with Crippen LogP contribution in [0.15, 0.2) is 18.2 Å². The van der Waals surface area contributed by atoms with Crippen LogP contribution in [0.2, 0.25) is 0 Å². The van der Waals surface area contributed by atoms with Crippen LogP contribution in [-0.2, 0) is 4.79 Å². The first-order valence-corrected chi connectivity index (χ1v) is 5.90. The Morgan fingerprint density at radius 1 is 1.45 bits per heavy atom. The predicted octanol–water partition coefficient (Wildman–Crippen LogP) is 1.44. The van der Waals surface area contributed by atoms with Gasteiger partial charge in [0.25, 0.3) is 5.91 Å². The molecule has 0 aliphatic rings. The molecule has 0 saturated heterocycles. The van der Waals surface area contributed by atoms with Gasteiger partial charge in [-0.1, -0.05) is 0 Å². The summed E-state index contributed by atoms with van der Waals surface area (Å²) >= 11 is 0. The molecule has 1 rings (SSSR count). The van der Waals surface area contributed by atoms with E-state index in [4.69, 9.17) is 9.84 Å². The lowest BCUT2D eigenvalue weighted by Gasteiger charge is -2.14. The van der Waals surface area contributed by atoms with E-state index in [2.05, 4.69) is 0 Å². The smallest absolute Gasteiger partial charge is 0.326 e. The molecule has 0 spiro atoms. The number of carboxylic acid groups (broad SMARTS) is 1. The average Bonchev–Trinajstić information content (AvgIpc) is 2.44. The summed E-state index contributed by atoms with van der Waals surface area (Å²) in [5.74, 6) is -2.74. The average molecular weight is 318 g/mol. The molecule has 1 atom stereocenters. The Balaban J connectivity index is 3.00. The number of ether oxygens (including phenoxy) is 1. The van der Waals surface area contributed by atoms with Crippen molar-refractivity contribution in [3.8, 4) is 5.75 Å². The van der Waals surface area contributed by atoms with Crippen molar-refractivity contribution in [2.75, 3.05) is 7.11 Å². The highest BCUT2D eigenvalue weighted by atomic mass is 19.3. The van der Waals surface area contributed by atoms with Gasteiger partial charge in [-0.2, -0.15) is 0 Å². The maximum absolute atomic E-state index is 12.2. The Bertz CT molecular complexity index is 593. The first kappa shape index (κ1) is 17.3. The largest absolute Gasteiger partial charge is 0.490 e. The van der Waals surface area contributed by atoms with Gasteiger partial charge in [-0.3, -0.25) is 14.9 Å². The zero-order chi connectivity index (χ0) is 16.9. The molecular weight excluding hydrogens is 306 g/mol. The molecule has 1 unspecified atom stereocenters. The lowest BCUT2D eigenvalue weighted by Crippen LogP contribution is -2.42. The molecule has 2 N–H and O–H groups in total. The number of alkyl halides is 2. The van der Waals surface area contributed by atoms with Crippen LogP contribution >= 0.6 is 0 Å². The summed E-state index contributed by atoms with van der Waals surface area (Å²) in [7, 11) is 1.20. The molecular formula is C12H12F2N2O6. The highest BCUT2D eigenvalue weighted by Gasteiger charge is 2.26. The van der Waals surface area contributed by atoms with Crippen LogP contribution < -0.4 is 10.1 Å². The summed E-state index contributed by atoms with van der Waals surface area (Å²) in [4.78, 5) is 32.7. The van der Waals surface area contributed by atoms with Crippen molar-refractivity contribution in [2.45, 2.75) is 18.9 Å². The van der Waals surface area contributed by atoms with Crippen LogP contribution in [-0.4, -0.2) is 41.5 Å². The standard InChI is InChI=1S/C12H12F2N2O6/c1-22-9-3-2-6(4-8(9)16(20)21)11(17)15-7(12(18)19)5-10(13)14/h2-4,7,10H,5H2,1H3,(H,15,17)(H,18,19). The third-order valence-electron chi connectivity index (χ3n) is 2.66. The van der Waals surface area contributed by atoms with Crippen LogP contribution in [0.3, 0.4) is 0 Å². The second-order valence-corrected chi connectivity index (χ2v) is 4.13. The maximum atomic E-state index is 12.2. The van der Waals surface area contributed by atoms with Crippen molar-refractivity contribution in [2.24, 2.45) is 0 Å². The molecule has 0 aliphatic carbocycles. The number of carboxylic acids is 1. The van der Waals surface area contributed by atoms with Crippen molar-refractivity contribution < 1.29 is 33.1 Å². The van der Waals surface area contributed by atoms with E-state index in [9.17, 15) is 28.5 Å². The maximum Gasteiger partial charge on any atom is 0.326 e. The summed E-state index contributed by atoms with van der Waals surface area (Å²) in [6, 6.07) is 1.38. The van der Waals surface area contributed by atoms with E-state index in [0.717, 1.165) is 18.2 Å². The number of carbonyl (C=O) groups is 2. The second-order valence-electron chi connectivity index (χ2n) is 4.13. The summed E-state index contributed by atoms with van der Waals surface area (Å²) in [6.07, 6.45) is -3.99. The molecule has 120 valence electrons. The normalized spacial score (nSPS) is 11.8. The Hall–Kier alpha value is -2.78. The fourth-order valence-corrected chi connectivity index (χ4v) is 1.62. The molecule has 0 aliphatic heterocycles. The van der Waals surface area contributed by atoms with Crippen LogP contribution in [0.5, 0.6) is 5.75 Å². The number of nitrogens with one attached hydrogen (secondary N) is 1. The minimum Gasteiger partial charge on any atom is -0.490 e. The van der Waals surface area contributed by atoms with Crippen molar-refractivity contribution in [3.63, 3.8) is 0 Å². The van der Waals surface area contributed by atoms with Crippen molar-refractivity contribution in [1.29, 1.82) is 0 Å². The zero-order valence-electron chi connectivity index (χ0n) is 11.3. The number of carbonyl (C=O) groups excluding carboxylic acids is 1. The molecule has 10 heteroatoms. The van der Waals surface area contributed by atoms with Gasteiger partial charge in [-0.15, -0.1) is 0 Å². The predicted molar refractivity (Wildman–Crippen MR) is 69.2 cm³/mol. The minimum atomic E-state index is -2.92. The van der Waals surface area contributed by atoms with Crippen LogP contribution in [0.4, 0.5) is 14.5 Å². The molecule has 0 aromatic heterocycles. The van der Waals surface area contributed by atoms with Gasteiger partial charge >= 0.3 is 11.7 Å². The van der Waals surface area contributed by atoms with E-state index < -0.39 is 41.4 Å². The SMILES string of the molecule is COc1ccc(C(=O)NC(CC(F)F)C(=O)O)cc1[N+](=O)[O-]. The quantitative estimate of drug-likeness (QED) is 0.580. The number of halogens is 2. The van der Waals surface area contributed by atoms with Crippen molar-refractivity contribution in [3.05, 3.63) is 33.9 Å². The lowest BCUT2D eigenvalue weighted by molar-refractivity contribution is -0.385. The van der Waals surface area contributed by atoms with Crippen molar-refractivity contribution >= 4 is 17.6 Å². The number of aliphatic carboxylic acids is 1. The molecule has 1 amide bonds. The molecule has 1 aromatic carbocycles. The fraction of sp³-hybridized carbons (Fsp3) is 0.333. The van der Waals surface area contributed by atoms with Gasteiger partial charge in [0, 0.05) is 18.1 Å². The van der Waals surface area contributed by atoms with E-state index in [1.165, 1.54) is 7.11 Å². The Labute approximate surface area is 122 Å². The van der Waals surface area contributed by atoms with Crippen LogP contribution in [0.25, 0.3) is 0 Å². The molecule has 8 nitrogen and oxygen atoms in total. The van der Waals surface area contributed by atoms with Gasteiger partial charge in [-0.05, 0) is 12.1 Å². The van der Waals surface area contributed by atoms with E-state index >= 15 is 0 Å². The molecule has 0 fully saturated rings. The summed E-state index contributed by atoms with van der Waals surface area (Å²) in [5.41, 5.74) is -0.746. The first-order chi connectivity index (χ1) is 10.3. The third-order valence-corrected chi connectivity index (χ3v) is 2.66. The molecule has 22 heavy (non-hydrogen) atoms. The molecule has 0 heterocycles. The highest BCUT2D eigenvalue weighted by Crippen LogP contribution is 2.27. The number of hydrogen-bond acceptors (Lipinski definition) is 5. The van der Waals surface area contributed by atoms with Gasteiger partial charge in [0.1, 0.15) is 6.04 Å². The van der Waals surface area contributed by atoms with E-state index in [1.54, 1.807) is 0 Å². The van der Waals surface area contributed by atoms with E-state index in [-0.39, 0.29) is 11.3 Å². The second kappa shape index (κ2) is 7.29. The molecule has 0 saturated carbocycles. The summed E-state index contributed by atoms with van der Waals surface area (Å²) < 4.78 is 29.2. The van der Waals surface area contributed by atoms with E-state index in [0.29, 0.717) is 0 Å². The molecule has 0 radical (unpaired) electrons. The monoisotopic (exact) mass is 318 g/mol. The fourth-order valence-electron chi connectivity index (χ4n) is 1.62.